The molecule has 1 N–H and O–H groups in total. The van der Waals surface area contributed by atoms with Gasteiger partial charge in [-0.1, -0.05) is 6.07 Å². The third-order valence-electron chi connectivity index (χ3n) is 5.89. The molecule has 1 amide bonds. The molecule has 0 saturated carbocycles. The molecule has 1 saturated heterocycles. The number of rotatable bonds is 5. The Morgan fingerprint density at radius 1 is 1.17 bits per heavy atom. The van der Waals surface area contributed by atoms with Crippen molar-refractivity contribution in [2.24, 2.45) is 5.92 Å². The molecule has 1 fully saturated rings. The molecule has 3 aromatic rings. The molecule has 6 nitrogen and oxygen atoms in total. The van der Waals surface area contributed by atoms with Gasteiger partial charge in [0.25, 0.3) is 11.5 Å². The van der Waals surface area contributed by atoms with Gasteiger partial charge in [0.2, 0.25) is 0 Å². The van der Waals surface area contributed by atoms with E-state index < -0.39 is 0 Å². The zero-order chi connectivity index (χ0) is 19.8. The van der Waals surface area contributed by atoms with E-state index in [-0.39, 0.29) is 17.0 Å². The average molecular weight is 410 g/mol. The molecule has 5 rings (SSSR count). The number of piperidine rings is 1. The van der Waals surface area contributed by atoms with Crippen LogP contribution in [-0.2, 0) is 19.6 Å². The van der Waals surface area contributed by atoms with E-state index in [9.17, 15) is 9.59 Å². The van der Waals surface area contributed by atoms with Gasteiger partial charge >= 0.3 is 0 Å². The van der Waals surface area contributed by atoms with E-state index in [4.69, 9.17) is 4.42 Å². The molecule has 0 spiro atoms. The molecule has 0 aromatic carbocycles. The van der Waals surface area contributed by atoms with Crippen LogP contribution < -0.4 is 10.9 Å². The number of fused-ring (bicyclic) bond motifs is 4. The van der Waals surface area contributed by atoms with Crippen LogP contribution in [0.3, 0.4) is 0 Å². The predicted molar refractivity (Wildman–Crippen MR) is 111 cm³/mol. The second-order valence-corrected chi connectivity index (χ2v) is 8.95. The van der Waals surface area contributed by atoms with Crippen LogP contribution in [0.5, 0.6) is 0 Å². The summed E-state index contributed by atoms with van der Waals surface area (Å²) in [5.41, 5.74) is 1.11. The van der Waals surface area contributed by atoms with Crippen molar-refractivity contribution in [3.05, 3.63) is 80.3 Å². The minimum absolute atomic E-state index is 0.166. The summed E-state index contributed by atoms with van der Waals surface area (Å²) in [6, 6.07) is 11.5. The number of hydrogen-bond donors (Lipinski definition) is 1. The molecule has 29 heavy (non-hydrogen) atoms. The van der Waals surface area contributed by atoms with Gasteiger partial charge in [-0.15, -0.1) is 11.3 Å². The Kier molecular flexibility index (Phi) is 4.85. The molecule has 3 aromatic heterocycles. The smallest absolute Gasteiger partial charge is 0.263 e. The number of aromatic nitrogens is 1. The zero-order valence-electron chi connectivity index (χ0n) is 16.0. The van der Waals surface area contributed by atoms with Gasteiger partial charge in [-0.25, -0.2) is 0 Å². The third kappa shape index (κ3) is 3.68. The van der Waals surface area contributed by atoms with Crippen LogP contribution in [0.15, 0.2) is 57.3 Å². The van der Waals surface area contributed by atoms with E-state index in [1.165, 1.54) is 0 Å². The van der Waals surface area contributed by atoms with Crippen molar-refractivity contribution in [2.45, 2.75) is 32.0 Å². The lowest BCUT2D eigenvalue weighted by atomic mass is 9.83. The summed E-state index contributed by atoms with van der Waals surface area (Å²) in [6.45, 7) is 3.77. The summed E-state index contributed by atoms with van der Waals surface area (Å²) in [6.07, 6.45) is 2.80. The minimum Gasteiger partial charge on any atom is -0.468 e. The minimum atomic E-state index is -0.297. The highest BCUT2D eigenvalue weighted by atomic mass is 32.1. The van der Waals surface area contributed by atoms with E-state index in [1.807, 2.05) is 40.3 Å². The molecule has 2 aliphatic rings. The van der Waals surface area contributed by atoms with Crippen molar-refractivity contribution in [1.82, 2.24) is 14.8 Å². The van der Waals surface area contributed by atoms with Crippen LogP contribution in [0.2, 0.25) is 0 Å². The number of carbonyl (C=O) groups excluding carboxylic acids is 1. The van der Waals surface area contributed by atoms with Gasteiger partial charge < -0.3 is 14.3 Å². The fourth-order valence-electron chi connectivity index (χ4n) is 4.65. The normalized spacial score (nSPS) is 21.0. The van der Waals surface area contributed by atoms with Crippen molar-refractivity contribution in [2.75, 3.05) is 13.1 Å². The highest BCUT2D eigenvalue weighted by molar-refractivity contribution is 7.09. The topological polar surface area (TPSA) is 67.5 Å². The monoisotopic (exact) mass is 409 g/mol. The Labute approximate surface area is 172 Å². The summed E-state index contributed by atoms with van der Waals surface area (Å²) < 4.78 is 7.33. The number of furan rings is 1. The standard InChI is InChI=1S/C22H23N3O3S/c26-21(23-10-18-4-2-8-29-18)19-5-6-20-16-9-15(12-25(20)22(19)27)11-24(13-16)14-17-3-1-7-28-17/h1-8,15-16H,9-14H2,(H,23,26)/t15-,16+/m0/s1. The Bertz CT molecular complexity index is 1060. The number of nitrogens with one attached hydrogen (secondary N) is 1. The van der Waals surface area contributed by atoms with Crippen LogP contribution in [-0.4, -0.2) is 28.5 Å². The first-order valence-corrected chi connectivity index (χ1v) is 10.8. The number of thiophene rings is 1. The fourth-order valence-corrected chi connectivity index (χ4v) is 5.29. The lowest BCUT2D eigenvalue weighted by Gasteiger charge is -2.42. The van der Waals surface area contributed by atoms with Crippen LogP contribution >= 0.6 is 11.3 Å². The first kappa shape index (κ1) is 18.4. The van der Waals surface area contributed by atoms with Crippen molar-refractivity contribution in [3.8, 4) is 0 Å². The molecule has 0 unspecified atom stereocenters. The number of pyridine rings is 1. The molecule has 150 valence electrons. The molecule has 2 aliphatic heterocycles. The maximum atomic E-state index is 13.1. The van der Waals surface area contributed by atoms with Crippen molar-refractivity contribution in [1.29, 1.82) is 0 Å². The van der Waals surface area contributed by atoms with Crippen LogP contribution in [0.1, 0.15) is 39.0 Å². The number of amides is 1. The molecule has 0 aliphatic carbocycles. The van der Waals surface area contributed by atoms with Gasteiger partial charge in [0.15, 0.2) is 0 Å². The van der Waals surface area contributed by atoms with Crippen molar-refractivity contribution >= 4 is 17.2 Å². The van der Waals surface area contributed by atoms with E-state index in [1.54, 1.807) is 23.7 Å². The molecule has 0 radical (unpaired) electrons. The number of carbonyl (C=O) groups is 1. The second kappa shape index (κ2) is 7.65. The first-order chi connectivity index (χ1) is 14.2. The molecule has 2 atom stereocenters. The molecular formula is C22H23N3O3S. The first-order valence-electron chi connectivity index (χ1n) is 9.96. The summed E-state index contributed by atoms with van der Waals surface area (Å²) >= 11 is 1.59. The van der Waals surface area contributed by atoms with Crippen molar-refractivity contribution in [3.63, 3.8) is 0 Å². The van der Waals surface area contributed by atoms with Crippen LogP contribution in [0.25, 0.3) is 0 Å². The number of likely N-dealkylation sites (tertiary alicyclic amines) is 1. The summed E-state index contributed by atoms with van der Waals surface area (Å²) in [4.78, 5) is 29.1. The highest BCUT2D eigenvalue weighted by Crippen LogP contribution is 2.35. The van der Waals surface area contributed by atoms with Gasteiger partial charge in [-0.2, -0.15) is 0 Å². The molecule has 7 heteroatoms. The predicted octanol–water partition coefficient (Wildman–Crippen LogP) is 3.05. The largest absolute Gasteiger partial charge is 0.468 e. The van der Waals surface area contributed by atoms with Crippen LogP contribution in [0, 0.1) is 5.92 Å². The maximum Gasteiger partial charge on any atom is 0.263 e. The Morgan fingerprint density at radius 3 is 2.90 bits per heavy atom. The Morgan fingerprint density at radius 2 is 2.10 bits per heavy atom. The Hall–Kier alpha value is -2.64. The van der Waals surface area contributed by atoms with E-state index in [0.29, 0.717) is 24.9 Å². The summed E-state index contributed by atoms with van der Waals surface area (Å²) in [5, 5.41) is 4.85. The molecular weight excluding hydrogens is 386 g/mol. The van der Waals surface area contributed by atoms with Gasteiger partial charge in [-0.05, 0) is 48.1 Å². The van der Waals surface area contributed by atoms with Crippen molar-refractivity contribution < 1.29 is 9.21 Å². The molecule has 5 heterocycles. The van der Waals surface area contributed by atoms with Gasteiger partial charge in [0.1, 0.15) is 11.3 Å². The lowest BCUT2D eigenvalue weighted by Crippen LogP contribution is -2.47. The Balaban J connectivity index is 1.34. The summed E-state index contributed by atoms with van der Waals surface area (Å²) in [7, 11) is 0. The molecule has 2 bridgehead atoms. The number of nitrogens with zero attached hydrogens (tertiary/aromatic N) is 2. The second-order valence-electron chi connectivity index (χ2n) is 7.92. The quantitative estimate of drug-likeness (QED) is 0.703. The SMILES string of the molecule is O=C(NCc1cccs1)c1ccc2n(c1=O)C[C@H]1C[C@@H]2CN(Cc2ccco2)C1. The van der Waals surface area contributed by atoms with E-state index in [2.05, 4.69) is 10.2 Å². The van der Waals surface area contributed by atoms with Gasteiger partial charge in [-0.3, -0.25) is 14.5 Å². The van der Waals surface area contributed by atoms with E-state index >= 15 is 0 Å². The zero-order valence-corrected chi connectivity index (χ0v) is 16.9. The maximum absolute atomic E-state index is 13.1. The van der Waals surface area contributed by atoms with Crippen LogP contribution in [0.4, 0.5) is 0 Å². The van der Waals surface area contributed by atoms with Gasteiger partial charge in [0.05, 0.1) is 19.4 Å². The fraction of sp³-hybridized carbons (Fsp3) is 0.364. The average Bonchev–Trinajstić information content (AvgIpc) is 3.41. The third-order valence-corrected chi connectivity index (χ3v) is 6.76. The number of hydrogen-bond acceptors (Lipinski definition) is 5. The highest BCUT2D eigenvalue weighted by Gasteiger charge is 2.35. The lowest BCUT2D eigenvalue weighted by molar-refractivity contribution is 0.0942. The van der Waals surface area contributed by atoms with E-state index in [0.717, 1.165) is 42.4 Å². The van der Waals surface area contributed by atoms with Gasteiger partial charge in [0, 0.05) is 36.1 Å². The summed E-state index contributed by atoms with van der Waals surface area (Å²) in [5.74, 6) is 1.40.